The van der Waals surface area contributed by atoms with Crippen molar-refractivity contribution in [1.82, 2.24) is 9.80 Å². The Morgan fingerprint density at radius 2 is 1.84 bits per heavy atom. The summed E-state index contributed by atoms with van der Waals surface area (Å²) in [6, 6.07) is 5.90. The van der Waals surface area contributed by atoms with Crippen LogP contribution in [0.1, 0.15) is 51.2 Å². The van der Waals surface area contributed by atoms with E-state index in [2.05, 4.69) is 10.2 Å². The van der Waals surface area contributed by atoms with Crippen LogP contribution in [0.3, 0.4) is 0 Å². The monoisotopic (exact) mass is 519 g/mol. The van der Waals surface area contributed by atoms with Crippen molar-refractivity contribution in [2.24, 2.45) is 0 Å². The molecule has 1 atom stereocenters. The average molecular weight is 520 g/mol. The van der Waals surface area contributed by atoms with Gasteiger partial charge in [-0.15, -0.1) is 0 Å². The van der Waals surface area contributed by atoms with Gasteiger partial charge >= 0.3 is 18.0 Å². The van der Waals surface area contributed by atoms with Crippen molar-refractivity contribution in [2.45, 2.75) is 65.4 Å². The zero-order chi connectivity index (χ0) is 26.8. The lowest BCUT2D eigenvalue weighted by Crippen LogP contribution is -2.43. The number of ether oxygens (including phenoxy) is 4. The van der Waals surface area contributed by atoms with Crippen LogP contribution in [0.25, 0.3) is 0 Å². The van der Waals surface area contributed by atoms with E-state index >= 15 is 0 Å². The van der Waals surface area contributed by atoms with Gasteiger partial charge in [0.05, 0.1) is 19.1 Å². The fourth-order valence-electron chi connectivity index (χ4n) is 4.44. The maximum Gasteiger partial charge on any atom is 0.412 e. The largest absolute Gasteiger partial charge is 0.466 e. The number of nitrogens with one attached hydrogen (secondary N) is 1. The summed E-state index contributed by atoms with van der Waals surface area (Å²) in [4.78, 5) is 51.0. The van der Waals surface area contributed by atoms with E-state index in [1.165, 1.54) is 24.3 Å². The van der Waals surface area contributed by atoms with Gasteiger partial charge in [0.2, 0.25) is 12.2 Å². The van der Waals surface area contributed by atoms with E-state index in [9.17, 15) is 19.2 Å². The number of esters is 2. The molecule has 2 amide bonds. The number of anilines is 1. The standard InChI is InChI=1S/C26H37N3O8/c1-4-34-25(32)10-12-28-11-7-20-5-6-22(15-21(20)16-28)27-24(31)17-35-23-8-13-29(14-9-23)26(33)37-19(3)36-18(2)30/h5-6,15,19,23H,4,7-14,16-17H2,1-3H3,(H,27,31). The van der Waals surface area contributed by atoms with Gasteiger partial charge in [0, 0.05) is 52.3 Å². The van der Waals surface area contributed by atoms with Crippen molar-refractivity contribution in [3.63, 3.8) is 0 Å². The highest BCUT2D eigenvalue weighted by Gasteiger charge is 2.26. The molecule has 0 aromatic heterocycles. The first-order valence-electron chi connectivity index (χ1n) is 12.8. The fourth-order valence-corrected chi connectivity index (χ4v) is 4.44. The molecule has 1 N–H and O–H groups in total. The number of hydrogen-bond donors (Lipinski definition) is 1. The number of rotatable bonds is 10. The minimum absolute atomic E-state index is 0.0820. The molecule has 1 aromatic carbocycles. The van der Waals surface area contributed by atoms with Crippen molar-refractivity contribution in [3.8, 4) is 0 Å². The Bertz CT molecular complexity index is 961. The second kappa shape index (κ2) is 13.9. The highest BCUT2D eigenvalue weighted by atomic mass is 16.7. The Labute approximate surface area is 217 Å². The molecule has 2 heterocycles. The van der Waals surface area contributed by atoms with Gasteiger partial charge in [-0.25, -0.2) is 4.79 Å². The molecule has 1 aromatic rings. The molecule has 204 valence electrons. The number of nitrogens with zero attached hydrogens (tertiary/aromatic N) is 2. The number of hydrogen-bond acceptors (Lipinski definition) is 9. The van der Waals surface area contributed by atoms with Gasteiger partial charge in [-0.1, -0.05) is 6.07 Å². The minimum Gasteiger partial charge on any atom is -0.466 e. The quantitative estimate of drug-likeness (QED) is 0.367. The summed E-state index contributed by atoms with van der Waals surface area (Å²) < 4.78 is 20.7. The molecule has 2 aliphatic rings. The lowest BCUT2D eigenvalue weighted by molar-refractivity contribution is -0.163. The smallest absolute Gasteiger partial charge is 0.412 e. The van der Waals surface area contributed by atoms with Crippen molar-refractivity contribution >= 4 is 29.6 Å². The molecule has 0 aliphatic carbocycles. The Kier molecular flexibility index (Phi) is 10.7. The van der Waals surface area contributed by atoms with Crippen molar-refractivity contribution in [1.29, 1.82) is 0 Å². The predicted octanol–water partition coefficient (Wildman–Crippen LogP) is 2.46. The molecular formula is C26H37N3O8. The van der Waals surface area contributed by atoms with Crippen LogP contribution in [-0.4, -0.2) is 85.5 Å². The van der Waals surface area contributed by atoms with E-state index in [1.54, 1.807) is 6.92 Å². The summed E-state index contributed by atoms with van der Waals surface area (Å²) >= 11 is 0. The van der Waals surface area contributed by atoms with Crippen LogP contribution in [0.4, 0.5) is 10.5 Å². The third-order valence-electron chi connectivity index (χ3n) is 6.27. The minimum atomic E-state index is -0.945. The van der Waals surface area contributed by atoms with Crippen LogP contribution < -0.4 is 5.32 Å². The van der Waals surface area contributed by atoms with Gasteiger partial charge in [0.1, 0.15) is 6.61 Å². The number of piperidine rings is 1. The average Bonchev–Trinajstić information content (AvgIpc) is 2.86. The number of amides is 2. The zero-order valence-electron chi connectivity index (χ0n) is 21.8. The Morgan fingerprint density at radius 3 is 2.54 bits per heavy atom. The molecule has 1 saturated heterocycles. The lowest BCUT2D eigenvalue weighted by atomic mass is 9.99. The first kappa shape index (κ1) is 28.4. The lowest BCUT2D eigenvalue weighted by Gasteiger charge is -2.31. The number of carbonyl (C=O) groups is 4. The summed E-state index contributed by atoms with van der Waals surface area (Å²) in [5, 5.41) is 2.90. The maximum absolute atomic E-state index is 12.5. The van der Waals surface area contributed by atoms with Gasteiger partial charge in [-0.05, 0) is 49.4 Å². The maximum atomic E-state index is 12.5. The molecule has 3 rings (SSSR count). The first-order chi connectivity index (χ1) is 17.7. The van der Waals surface area contributed by atoms with Gasteiger partial charge in [-0.3, -0.25) is 19.3 Å². The van der Waals surface area contributed by atoms with Crippen molar-refractivity contribution in [3.05, 3.63) is 29.3 Å². The fraction of sp³-hybridized carbons (Fsp3) is 0.615. The molecule has 11 nitrogen and oxygen atoms in total. The van der Waals surface area contributed by atoms with Crippen LogP contribution in [-0.2, 0) is 46.3 Å². The van der Waals surface area contributed by atoms with Gasteiger partial charge in [0.15, 0.2) is 0 Å². The Balaban J connectivity index is 1.38. The van der Waals surface area contributed by atoms with Gasteiger partial charge in [0.25, 0.3) is 0 Å². The van der Waals surface area contributed by atoms with Crippen LogP contribution in [0.2, 0.25) is 0 Å². The molecule has 1 unspecified atom stereocenters. The third-order valence-corrected chi connectivity index (χ3v) is 6.27. The van der Waals surface area contributed by atoms with E-state index in [-0.39, 0.29) is 24.6 Å². The van der Waals surface area contributed by atoms with Crippen molar-refractivity contribution in [2.75, 3.05) is 44.7 Å². The number of carbonyl (C=O) groups excluding carboxylic acids is 4. The normalized spacial score (nSPS) is 16.9. The van der Waals surface area contributed by atoms with E-state index in [0.717, 1.165) is 25.1 Å². The van der Waals surface area contributed by atoms with Gasteiger partial charge in [-0.2, -0.15) is 0 Å². The molecule has 0 spiro atoms. The molecule has 0 radical (unpaired) electrons. The van der Waals surface area contributed by atoms with E-state index in [1.807, 2.05) is 18.2 Å². The van der Waals surface area contributed by atoms with Crippen LogP contribution in [0, 0.1) is 0 Å². The molecule has 37 heavy (non-hydrogen) atoms. The Hall–Kier alpha value is -3.18. The van der Waals surface area contributed by atoms with E-state index in [4.69, 9.17) is 18.9 Å². The molecule has 0 saturated carbocycles. The van der Waals surface area contributed by atoms with Crippen LogP contribution in [0.15, 0.2) is 18.2 Å². The third kappa shape index (κ3) is 9.32. The molecule has 2 aliphatic heterocycles. The SMILES string of the molecule is CCOC(=O)CCN1CCc2ccc(NC(=O)COC3CCN(C(=O)OC(C)OC(C)=O)CC3)cc2C1. The molecule has 0 bridgehead atoms. The molecular weight excluding hydrogens is 482 g/mol. The molecule has 11 heteroatoms. The number of benzene rings is 1. The highest BCUT2D eigenvalue weighted by molar-refractivity contribution is 5.91. The predicted molar refractivity (Wildman–Crippen MR) is 134 cm³/mol. The van der Waals surface area contributed by atoms with Crippen molar-refractivity contribution < 1.29 is 38.1 Å². The van der Waals surface area contributed by atoms with Crippen LogP contribution in [0.5, 0.6) is 0 Å². The van der Waals surface area contributed by atoms with Crippen LogP contribution >= 0.6 is 0 Å². The topological polar surface area (TPSA) is 124 Å². The van der Waals surface area contributed by atoms with Gasteiger partial charge < -0.3 is 29.2 Å². The summed E-state index contributed by atoms with van der Waals surface area (Å²) in [6.45, 7) is 7.94. The van der Waals surface area contributed by atoms with E-state index < -0.39 is 18.4 Å². The van der Waals surface area contributed by atoms with E-state index in [0.29, 0.717) is 51.2 Å². The summed E-state index contributed by atoms with van der Waals surface area (Å²) in [5.74, 6) is -0.949. The summed E-state index contributed by atoms with van der Waals surface area (Å²) in [5.41, 5.74) is 3.09. The molecule has 1 fully saturated rings. The first-order valence-corrected chi connectivity index (χ1v) is 12.8. The summed E-state index contributed by atoms with van der Waals surface area (Å²) in [7, 11) is 0. The second-order valence-electron chi connectivity index (χ2n) is 9.17. The zero-order valence-corrected chi connectivity index (χ0v) is 21.8. The summed E-state index contributed by atoms with van der Waals surface area (Å²) in [6.07, 6.45) is 0.776. The number of fused-ring (bicyclic) bond motifs is 1. The Morgan fingerprint density at radius 1 is 1.08 bits per heavy atom. The highest BCUT2D eigenvalue weighted by Crippen LogP contribution is 2.23. The second-order valence-corrected chi connectivity index (χ2v) is 9.17. The number of likely N-dealkylation sites (tertiary alicyclic amines) is 1.